The molecule has 1 aliphatic heterocycles. The Kier molecular flexibility index (Phi) is 6.47. The monoisotopic (exact) mass is 464 g/mol. The Balaban J connectivity index is 1.78. The van der Waals surface area contributed by atoms with Crippen LogP contribution in [-0.4, -0.2) is 39.6 Å². The number of allylic oxidation sites excluding steroid dienone is 2. The fourth-order valence-electron chi connectivity index (χ4n) is 4.59. The van der Waals surface area contributed by atoms with E-state index in [1.165, 1.54) is 12.1 Å². The maximum atomic E-state index is 13.7. The molecule has 1 heterocycles. The smallest absolute Gasteiger partial charge is 0.273 e. The summed E-state index contributed by atoms with van der Waals surface area (Å²) in [5.74, 6) is -2.83. The van der Waals surface area contributed by atoms with Crippen molar-refractivity contribution < 1.29 is 19.2 Å². The number of nitrogens with zero attached hydrogens (tertiary/aromatic N) is 2. The van der Waals surface area contributed by atoms with Gasteiger partial charge in [-0.3, -0.25) is 19.2 Å². The van der Waals surface area contributed by atoms with E-state index in [0.717, 1.165) is 15.6 Å². The number of fused-ring (bicyclic) bond motifs is 1. The molecule has 0 radical (unpaired) electrons. The lowest BCUT2D eigenvalue weighted by atomic mass is 9.82. The number of ketones is 1. The first-order valence-corrected chi connectivity index (χ1v) is 11.4. The first kappa shape index (κ1) is 22.9. The Morgan fingerprint density at radius 1 is 1.00 bits per heavy atom. The van der Waals surface area contributed by atoms with Crippen LogP contribution in [0.5, 0.6) is 0 Å². The van der Waals surface area contributed by atoms with Crippen molar-refractivity contribution in [3.63, 3.8) is 0 Å². The van der Waals surface area contributed by atoms with Crippen molar-refractivity contribution in [1.29, 1.82) is 0 Å². The summed E-state index contributed by atoms with van der Waals surface area (Å²) in [4.78, 5) is 54.1. The molecular formula is C26H25ClN2O4. The van der Waals surface area contributed by atoms with Crippen LogP contribution in [0.25, 0.3) is 0 Å². The molecule has 4 rings (SSSR count). The minimum atomic E-state index is -1.02. The molecule has 0 bridgehead atoms. The molecule has 3 amide bonds. The van der Waals surface area contributed by atoms with Crippen molar-refractivity contribution in [3.05, 3.63) is 82.4 Å². The van der Waals surface area contributed by atoms with Gasteiger partial charge in [0.2, 0.25) is 0 Å². The summed E-state index contributed by atoms with van der Waals surface area (Å²) in [6.45, 7) is 3.69. The van der Waals surface area contributed by atoms with E-state index in [1.54, 1.807) is 49.4 Å². The van der Waals surface area contributed by atoms with Crippen molar-refractivity contribution in [2.75, 3.05) is 0 Å². The van der Waals surface area contributed by atoms with E-state index in [4.69, 9.17) is 11.6 Å². The van der Waals surface area contributed by atoms with Crippen LogP contribution in [0.4, 0.5) is 0 Å². The second-order valence-corrected chi connectivity index (χ2v) is 8.94. The SMILES string of the molecule is CC[C@H](C(=O)c1ccccc1)N(C(=O)c1ccc(Cl)cc1)N1C(=O)[C@H]2CC=C(C)C[C@H]2C1=O. The van der Waals surface area contributed by atoms with E-state index in [0.29, 0.717) is 23.4 Å². The van der Waals surface area contributed by atoms with Crippen LogP contribution in [0.2, 0.25) is 5.02 Å². The topological polar surface area (TPSA) is 74.8 Å². The highest BCUT2D eigenvalue weighted by molar-refractivity contribution is 6.30. The minimum absolute atomic E-state index is 0.233. The van der Waals surface area contributed by atoms with Gasteiger partial charge in [0.25, 0.3) is 17.7 Å². The summed E-state index contributed by atoms with van der Waals surface area (Å²) in [7, 11) is 0. The number of rotatable bonds is 6. The molecule has 1 aliphatic carbocycles. The number of halogens is 1. The summed E-state index contributed by atoms with van der Waals surface area (Å²) in [6, 6.07) is 13.8. The second kappa shape index (κ2) is 9.32. The molecule has 0 spiro atoms. The van der Waals surface area contributed by atoms with Gasteiger partial charge >= 0.3 is 0 Å². The maximum absolute atomic E-state index is 13.7. The van der Waals surface area contributed by atoms with Crippen LogP contribution in [0.1, 0.15) is 53.8 Å². The van der Waals surface area contributed by atoms with E-state index < -0.39 is 35.6 Å². The predicted octanol–water partition coefficient (Wildman–Crippen LogP) is 4.70. The molecule has 33 heavy (non-hydrogen) atoms. The molecule has 1 fully saturated rings. The molecule has 0 unspecified atom stereocenters. The van der Waals surface area contributed by atoms with Crippen molar-refractivity contribution in [2.24, 2.45) is 11.8 Å². The minimum Gasteiger partial charge on any atom is -0.292 e. The summed E-state index contributed by atoms with van der Waals surface area (Å²) in [5, 5.41) is 2.47. The Hall–Kier alpha value is -3.25. The maximum Gasteiger partial charge on any atom is 0.273 e. The average Bonchev–Trinajstić information content (AvgIpc) is 3.06. The molecule has 0 saturated carbocycles. The van der Waals surface area contributed by atoms with E-state index in [1.807, 2.05) is 13.0 Å². The Morgan fingerprint density at radius 2 is 1.64 bits per heavy atom. The van der Waals surface area contributed by atoms with Crippen molar-refractivity contribution in [2.45, 2.75) is 39.2 Å². The highest BCUT2D eigenvalue weighted by Gasteiger charge is 2.53. The molecule has 2 aromatic rings. The normalized spacial score (nSPS) is 20.8. The summed E-state index contributed by atoms with van der Waals surface area (Å²) in [5.41, 5.74) is 1.69. The van der Waals surface area contributed by atoms with Gasteiger partial charge in [-0.25, -0.2) is 5.01 Å². The molecular weight excluding hydrogens is 440 g/mol. The summed E-state index contributed by atoms with van der Waals surface area (Å²) >= 11 is 5.98. The number of carbonyl (C=O) groups is 4. The van der Waals surface area contributed by atoms with Crippen LogP contribution < -0.4 is 0 Å². The molecule has 1 saturated heterocycles. The second-order valence-electron chi connectivity index (χ2n) is 8.50. The number of imide groups is 1. The number of Topliss-reactive ketones (excluding diaryl/α,β-unsaturated/α-hetero) is 1. The van der Waals surface area contributed by atoms with Gasteiger partial charge in [-0.15, -0.1) is 0 Å². The Bertz CT molecular complexity index is 1130. The van der Waals surface area contributed by atoms with Crippen LogP contribution in [0.3, 0.4) is 0 Å². The average molecular weight is 465 g/mol. The lowest BCUT2D eigenvalue weighted by Gasteiger charge is -2.36. The Labute approximate surface area is 197 Å². The van der Waals surface area contributed by atoms with Crippen molar-refractivity contribution in [3.8, 4) is 0 Å². The number of hydrogen-bond acceptors (Lipinski definition) is 4. The predicted molar refractivity (Wildman–Crippen MR) is 124 cm³/mol. The third-order valence-electron chi connectivity index (χ3n) is 6.36. The first-order chi connectivity index (χ1) is 15.8. The summed E-state index contributed by atoms with van der Waals surface area (Å²) < 4.78 is 0. The van der Waals surface area contributed by atoms with Crippen LogP contribution in [-0.2, 0) is 9.59 Å². The van der Waals surface area contributed by atoms with Gasteiger partial charge in [0.1, 0.15) is 6.04 Å². The largest absolute Gasteiger partial charge is 0.292 e. The van der Waals surface area contributed by atoms with Crippen molar-refractivity contribution in [1.82, 2.24) is 10.0 Å². The van der Waals surface area contributed by atoms with Crippen LogP contribution >= 0.6 is 11.6 Å². The lowest BCUT2D eigenvalue weighted by Crippen LogP contribution is -2.57. The molecule has 0 N–H and O–H groups in total. The third-order valence-corrected chi connectivity index (χ3v) is 6.61. The van der Waals surface area contributed by atoms with Gasteiger partial charge in [-0.1, -0.05) is 60.5 Å². The first-order valence-electron chi connectivity index (χ1n) is 11.0. The molecule has 2 aromatic carbocycles. The van der Waals surface area contributed by atoms with E-state index in [2.05, 4.69) is 0 Å². The zero-order chi connectivity index (χ0) is 23.7. The van der Waals surface area contributed by atoms with Crippen LogP contribution in [0, 0.1) is 11.8 Å². The fraction of sp³-hybridized carbons (Fsp3) is 0.308. The highest BCUT2D eigenvalue weighted by Crippen LogP contribution is 2.39. The third kappa shape index (κ3) is 4.23. The zero-order valence-electron chi connectivity index (χ0n) is 18.5. The molecule has 7 heteroatoms. The van der Waals surface area contributed by atoms with E-state index in [-0.39, 0.29) is 17.8 Å². The van der Waals surface area contributed by atoms with E-state index in [9.17, 15) is 19.2 Å². The molecule has 170 valence electrons. The highest BCUT2D eigenvalue weighted by atomic mass is 35.5. The fourth-order valence-corrected chi connectivity index (χ4v) is 4.72. The van der Waals surface area contributed by atoms with Gasteiger partial charge in [-0.05, 0) is 50.5 Å². The number of carbonyl (C=O) groups excluding carboxylic acids is 4. The standard InChI is InChI=1S/C26H25ClN2O4/c1-3-22(23(30)17-7-5-4-6-8-17)28(24(31)18-10-12-19(27)13-11-18)29-25(32)20-14-9-16(2)15-21(20)26(29)33/h4-13,20-22H,3,14-15H2,1-2H3/t20-,21+,22+/m0/s1. The lowest BCUT2D eigenvalue weighted by molar-refractivity contribution is -0.156. The van der Waals surface area contributed by atoms with Gasteiger partial charge in [0.15, 0.2) is 5.78 Å². The molecule has 0 aromatic heterocycles. The summed E-state index contributed by atoms with van der Waals surface area (Å²) in [6.07, 6.45) is 3.12. The quantitative estimate of drug-likeness (QED) is 0.353. The zero-order valence-corrected chi connectivity index (χ0v) is 19.3. The number of hydrogen-bond donors (Lipinski definition) is 0. The van der Waals surface area contributed by atoms with Gasteiger partial charge in [0, 0.05) is 16.1 Å². The number of benzene rings is 2. The van der Waals surface area contributed by atoms with Crippen LogP contribution in [0.15, 0.2) is 66.2 Å². The van der Waals surface area contributed by atoms with Crippen molar-refractivity contribution >= 4 is 35.1 Å². The molecule has 2 aliphatic rings. The number of hydrazine groups is 1. The number of amides is 3. The molecule has 6 nitrogen and oxygen atoms in total. The van der Waals surface area contributed by atoms with Gasteiger partial charge in [0.05, 0.1) is 11.8 Å². The van der Waals surface area contributed by atoms with E-state index >= 15 is 0 Å². The van der Waals surface area contributed by atoms with Gasteiger partial charge < -0.3 is 0 Å². The molecule has 3 atom stereocenters. The van der Waals surface area contributed by atoms with Gasteiger partial charge in [-0.2, -0.15) is 5.01 Å². The Morgan fingerprint density at radius 3 is 2.27 bits per heavy atom.